The zero-order valence-corrected chi connectivity index (χ0v) is 13.5. The summed E-state index contributed by atoms with van der Waals surface area (Å²) in [4.78, 5) is 36.8. The third kappa shape index (κ3) is 3.31. The molecular weight excluding hydrogens is 322 g/mol. The first-order valence-corrected chi connectivity index (χ1v) is 7.42. The van der Waals surface area contributed by atoms with E-state index in [1.807, 2.05) is 0 Å². The largest absolute Gasteiger partial charge is 0.504 e. The van der Waals surface area contributed by atoms with Gasteiger partial charge in [0.1, 0.15) is 6.04 Å². The molecule has 2 rings (SSSR count). The topological polar surface area (TPSA) is 93.1 Å². The van der Waals surface area contributed by atoms with Gasteiger partial charge in [-0.1, -0.05) is 6.07 Å². The Bertz CT molecular complexity index is 699. The molecule has 7 nitrogen and oxygen atoms in total. The van der Waals surface area contributed by atoms with Crippen LogP contribution in [0.4, 0.5) is 4.79 Å². The van der Waals surface area contributed by atoms with E-state index in [4.69, 9.17) is 4.74 Å². The quantitative estimate of drug-likeness (QED) is 0.663. The number of imide groups is 1. The van der Waals surface area contributed by atoms with Gasteiger partial charge in [0.05, 0.1) is 19.1 Å². The van der Waals surface area contributed by atoms with Crippen molar-refractivity contribution in [1.29, 1.82) is 0 Å². The summed E-state index contributed by atoms with van der Waals surface area (Å²) in [5.74, 6) is -1.03. The van der Waals surface area contributed by atoms with Crippen molar-refractivity contribution in [1.82, 2.24) is 4.90 Å². The lowest BCUT2D eigenvalue weighted by molar-refractivity contribution is -0.148. The molecule has 0 saturated carbocycles. The molecule has 23 heavy (non-hydrogen) atoms. The van der Waals surface area contributed by atoms with Crippen LogP contribution in [0.1, 0.15) is 12.5 Å². The highest BCUT2D eigenvalue weighted by atomic mass is 32.2. The van der Waals surface area contributed by atoms with Crippen LogP contribution in [0.15, 0.2) is 23.1 Å². The summed E-state index contributed by atoms with van der Waals surface area (Å²) in [7, 11) is 2.61. The first-order chi connectivity index (χ1) is 10.9. The molecule has 1 aromatic rings. The Labute approximate surface area is 136 Å². The summed E-state index contributed by atoms with van der Waals surface area (Å²) in [5, 5.41) is 9.20. The van der Waals surface area contributed by atoms with Gasteiger partial charge in [-0.05, 0) is 42.5 Å². The van der Waals surface area contributed by atoms with Gasteiger partial charge in [0.25, 0.3) is 11.1 Å². The third-order valence-corrected chi connectivity index (χ3v) is 4.14. The molecule has 2 amide bonds. The molecule has 1 aromatic carbocycles. The lowest BCUT2D eigenvalue weighted by Crippen LogP contribution is -2.42. The van der Waals surface area contributed by atoms with Gasteiger partial charge < -0.3 is 14.6 Å². The highest BCUT2D eigenvalue weighted by Crippen LogP contribution is 2.35. The Balaban J connectivity index is 2.28. The minimum Gasteiger partial charge on any atom is -0.504 e. The number of thioether (sulfide) groups is 1. The number of esters is 1. The average molecular weight is 337 g/mol. The van der Waals surface area contributed by atoms with E-state index < -0.39 is 23.2 Å². The Kier molecular flexibility index (Phi) is 4.95. The zero-order valence-electron chi connectivity index (χ0n) is 12.7. The molecule has 0 spiro atoms. The molecule has 1 unspecified atom stereocenters. The van der Waals surface area contributed by atoms with E-state index in [1.165, 1.54) is 33.3 Å². The molecule has 1 atom stereocenters. The highest BCUT2D eigenvalue weighted by Gasteiger charge is 2.41. The third-order valence-electron chi connectivity index (χ3n) is 3.25. The monoisotopic (exact) mass is 337 g/mol. The zero-order chi connectivity index (χ0) is 17.1. The van der Waals surface area contributed by atoms with Gasteiger partial charge in [0, 0.05) is 0 Å². The van der Waals surface area contributed by atoms with Gasteiger partial charge >= 0.3 is 5.97 Å². The molecule has 0 aromatic heterocycles. The number of aromatic hydroxyl groups is 1. The van der Waals surface area contributed by atoms with Gasteiger partial charge in [-0.25, -0.2) is 4.79 Å². The predicted molar refractivity (Wildman–Crippen MR) is 83.9 cm³/mol. The number of carbonyl (C=O) groups excluding carboxylic acids is 3. The van der Waals surface area contributed by atoms with Crippen LogP contribution in [-0.4, -0.2) is 47.4 Å². The van der Waals surface area contributed by atoms with Gasteiger partial charge in [-0.2, -0.15) is 0 Å². The van der Waals surface area contributed by atoms with Crippen molar-refractivity contribution in [3.05, 3.63) is 28.7 Å². The molecule has 0 aliphatic carbocycles. The molecule has 0 radical (unpaired) electrons. The number of phenolic OH excluding ortho intramolecular Hbond substituents is 1. The van der Waals surface area contributed by atoms with E-state index in [0.717, 1.165) is 16.7 Å². The summed E-state index contributed by atoms with van der Waals surface area (Å²) in [6.07, 6.45) is 1.47. The van der Waals surface area contributed by atoms with E-state index >= 15 is 0 Å². The molecule has 8 heteroatoms. The van der Waals surface area contributed by atoms with Gasteiger partial charge in [-0.15, -0.1) is 0 Å². The van der Waals surface area contributed by atoms with E-state index in [-0.39, 0.29) is 10.7 Å². The number of benzene rings is 1. The molecule has 1 heterocycles. The number of carbonyl (C=O) groups is 3. The Morgan fingerprint density at radius 1 is 1.35 bits per heavy atom. The normalized spacial score (nSPS) is 17.5. The number of phenols is 1. The van der Waals surface area contributed by atoms with Gasteiger partial charge in [0.15, 0.2) is 11.5 Å². The van der Waals surface area contributed by atoms with Crippen molar-refractivity contribution in [3.63, 3.8) is 0 Å². The highest BCUT2D eigenvalue weighted by molar-refractivity contribution is 8.18. The van der Waals surface area contributed by atoms with E-state index in [0.29, 0.717) is 11.3 Å². The SMILES string of the molecule is COC(=O)C(C)N1C(=O)S/C(=C/c2ccc(OC)c(O)c2)C1=O. The molecular formula is C15H15NO6S. The van der Waals surface area contributed by atoms with Crippen LogP contribution in [0.3, 0.4) is 0 Å². The number of methoxy groups -OCH3 is 2. The molecule has 1 saturated heterocycles. The number of amides is 2. The van der Waals surface area contributed by atoms with Crippen molar-refractivity contribution in [2.45, 2.75) is 13.0 Å². The number of hydrogen-bond acceptors (Lipinski definition) is 7. The summed E-state index contributed by atoms with van der Waals surface area (Å²) in [6, 6.07) is 3.60. The summed E-state index contributed by atoms with van der Waals surface area (Å²) >= 11 is 0.727. The average Bonchev–Trinajstić information content (AvgIpc) is 2.80. The summed E-state index contributed by atoms with van der Waals surface area (Å²) in [5.41, 5.74) is 0.527. The molecule has 1 aliphatic rings. The van der Waals surface area contributed by atoms with Crippen molar-refractivity contribution < 1.29 is 29.0 Å². The van der Waals surface area contributed by atoms with Crippen LogP contribution in [0.25, 0.3) is 6.08 Å². The minimum atomic E-state index is -0.998. The fourth-order valence-electron chi connectivity index (χ4n) is 2.04. The lowest BCUT2D eigenvalue weighted by atomic mass is 10.2. The van der Waals surface area contributed by atoms with Gasteiger partial charge in [-0.3, -0.25) is 14.5 Å². The van der Waals surface area contributed by atoms with Crippen LogP contribution in [0.5, 0.6) is 11.5 Å². The maximum absolute atomic E-state index is 12.3. The molecule has 1 fully saturated rings. The number of hydrogen-bond donors (Lipinski definition) is 1. The maximum Gasteiger partial charge on any atom is 0.328 e. The fraction of sp³-hybridized carbons (Fsp3) is 0.267. The molecule has 1 N–H and O–H groups in total. The lowest BCUT2D eigenvalue weighted by Gasteiger charge is -2.18. The predicted octanol–water partition coefficient (Wildman–Crippen LogP) is 2.00. The molecule has 1 aliphatic heterocycles. The Morgan fingerprint density at radius 2 is 2.04 bits per heavy atom. The van der Waals surface area contributed by atoms with Crippen LogP contribution < -0.4 is 4.74 Å². The van der Waals surface area contributed by atoms with Crippen molar-refractivity contribution >= 4 is 35.0 Å². The van der Waals surface area contributed by atoms with Crippen molar-refractivity contribution in [2.24, 2.45) is 0 Å². The smallest absolute Gasteiger partial charge is 0.328 e. The second kappa shape index (κ2) is 6.74. The Morgan fingerprint density at radius 3 is 2.61 bits per heavy atom. The van der Waals surface area contributed by atoms with Gasteiger partial charge in [0.2, 0.25) is 0 Å². The second-order valence-electron chi connectivity index (χ2n) is 4.68. The Hall–Kier alpha value is -2.48. The van der Waals surface area contributed by atoms with Crippen LogP contribution in [-0.2, 0) is 14.3 Å². The fourth-order valence-corrected chi connectivity index (χ4v) is 2.95. The summed E-state index contributed by atoms with van der Waals surface area (Å²) in [6.45, 7) is 1.42. The number of rotatable bonds is 4. The van der Waals surface area contributed by atoms with E-state index in [9.17, 15) is 19.5 Å². The van der Waals surface area contributed by atoms with Crippen LogP contribution in [0, 0.1) is 0 Å². The number of nitrogens with zero attached hydrogens (tertiary/aromatic N) is 1. The van der Waals surface area contributed by atoms with Crippen molar-refractivity contribution in [2.75, 3.05) is 14.2 Å². The van der Waals surface area contributed by atoms with E-state index in [2.05, 4.69) is 4.74 Å². The van der Waals surface area contributed by atoms with Crippen LogP contribution in [0.2, 0.25) is 0 Å². The van der Waals surface area contributed by atoms with E-state index in [1.54, 1.807) is 12.1 Å². The van der Waals surface area contributed by atoms with Crippen LogP contribution >= 0.6 is 11.8 Å². The second-order valence-corrected chi connectivity index (χ2v) is 5.68. The standard InChI is InChI=1S/C15H15NO6S/c1-8(14(19)22-3)16-13(18)12(23-15(16)20)7-9-4-5-11(21-2)10(17)6-9/h4-8,17H,1-3H3/b12-7+. The first-order valence-electron chi connectivity index (χ1n) is 6.61. The molecule has 0 bridgehead atoms. The number of ether oxygens (including phenoxy) is 2. The summed E-state index contributed by atoms with van der Waals surface area (Å²) < 4.78 is 9.49. The minimum absolute atomic E-state index is 0.0802. The van der Waals surface area contributed by atoms with Crippen molar-refractivity contribution in [3.8, 4) is 11.5 Å². The first kappa shape index (κ1) is 16.9. The maximum atomic E-state index is 12.3. The molecule has 122 valence electrons.